The van der Waals surface area contributed by atoms with Crippen LogP contribution in [0.4, 0.5) is 14.5 Å². The highest BCUT2D eigenvalue weighted by molar-refractivity contribution is 6.06. The summed E-state index contributed by atoms with van der Waals surface area (Å²) in [4.78, 5) is 20.4. The third kappa shape index (κ3) is 5.26. The predicted molar refractivity (Wildman–Crippen MR) is 131 cm³/mol. The SMILES string of the molecule is C=C/C(C(=O)Nc1cn(C2CCCCC2)nc1C(F)F)=C(C)/N=C(\CCC)N1CC2CCC1C2. The van der Waals surface area contributed by atoms with Crippen LogP contribution in [-0.2, 0) is 4.79 Å². The number of hydrogen-bond acceptors (Lipinski definition) is 3. The molecule has 1 aromatic heterocycles. The van der Waals surface area contributed by atoms with Crippen molar-refractivity contribution in [2.75, 3.05) is 11.9 Å². The summed E-state index contributed by atoms with van der Waals surface area (Å²) in [5.41, 5.74) is 0.524. The normalized spacial score (nSPS) is 24.0. The fourth-order valence-electron chi connectivity index (χ4n) is 5.77. The molecule has 1 saturated heterocycles. The summed E-state index contributed by atoms with van der Waals surface area (Å²) in [6.07, 6.45) is 10.9. The number of amidine groups is 1. The number of anilines is 1. The Labute approximate surface area is 201 Å². The second-order valence-corrected chi connectivity index (χ2v) is 9.92. The Morgan fingerprint density at radius 3 is 2.62 bits per heavy atom. The van der Waals surface area contributed by atoms with Gasteiger partial charge in [-0.3, -0.25) is 9.48 Å². The van der Waals surface area contributed by atoms with Crippen LogP contribution < -0.4 is 5.32 Å². The fraction of sp³-hybridized carbons (Fsp3) is 0.654. The number of aliphatic imine (C=N–C) groups is 1. The van der Waals surface area contributed by atoms with Gasteiger partial charge >= 0.3 is 0 Å². The maximum atomic E-state index is 13.7. The molecule has 3 fully saturated rings. The lowest BCUT2D eigenvalue weighted by Gasteiger charge is -2.30. The topological polar surface area (TPSA) is 62.5 Å². The van der Waals surface area contributed by atoms with E-state index in [0.717, 1.165) is 63.2 Å². The molecule has 34 heavy (non-hydrogen) atoms. The Bertz CT molecular complexity index is 960. The van der Waals surface area contributed by atoms with E-state index in [9.17, 15) is 13.6 Å². The minimum absolute atomic E-state index is 0.0623. The summed E-state index contributed by atoms with van der Waals surface area (Å²) in [5.74, 6) is 1.27. The zero-order valence-electron chi connectivity index (χ0n) is 20.4. The van der Waals surface area contributed by atoms with Gasteiger partial charge in [0.25, 0.3) is 12.3 Å². The molecule has 1 aliphatic heterocycles. The number of carbonyl (C=O) groups excluding carboxylic acids is 1. The van der Waals surface area contributed by atoms with Crippen molar-refractivity contribution in [3.63, 3.8) is 0 Å². The fourth-order valence-corrected chi connectivity index (χ4v) is 5.77. The van der Waals surface area contributed by atoms with E-state index in [1.165, 1.54) is 25.3 Å². The number of carbonyl (C=O) groups is 1. The Morgan fingerprint density at radius 1 is 1.26 bits per heavy atom. The summed E-state index contributed by atoms with van der Waals surface area (Å²) >= 11 is 0. The number of nitrogens with one attached hydrogen (secondary N) is 1. The van der Waals surface area contributed by atoms with Crippen molar-refractivity contribution in [1.29, 1.82) is 0 Å². The third-order valence-electron chi connectivity index (χ3n) is 7.51. The molecule has 2 unspecified atom stereocenters. The maximum Gasteiger partial charge on any atom is 0.284 e. The van der Waals surface area contributed by atoms with Crippen molar-refractivity contribution < 1.29 is 13.6 Å². The molecule has 2 bridgehead atoms. The van der Waals surface area contributed by atoms with E-state index in [2.05, 4.69) is 28.8 Å². The van der Waals surface area contributed by atoms with Crippen LogP contribution in [-0.4, -0.2) is 39.0 Å². The molecule has 6 nitrogen and oxygen atoms in total. The number of piperidine rings is 1. The number of likely N-dealkylation sites (tertiary alicyclic amines) is 1. The average Bonchev–Trinajstić information content (AvgIpc) is 3.56. The number of fused-ring (bicyclic) bond motifs is 2. The minimum Gasteiger partial charge on any atom is -0.357 e. The van der Waals surface area contributed by atoms with Crippen molar-refractivity contribution in [2.45, 2.75) is 96.6 Å². The number of halogens is 2. The lowest BCUT2D eigenvalue weighted by atomic mass is 9.96. The second kappa shape index (κ2) is 10.8. The molecular formula is C26H37F2N5O. The number of aromatic nitrogens is 2. The molecular weight excluding hydrogens is 436 g/mol. The van der Waals surface area contributed by atoms with Gasteiger partial charge in [0.15, 0.2) is 5.69 Å². The van der Waals surface area contributed by atoms with E-state index >= 15 is 0 Å². The molecule has 2 aliphatic carbocycles. The Kier molecular flexibility index (Phi) is 7.84. The third-order valence-corrected chi connectivity index (χ3v) is 7.51. The van der Waals surface area contributed by atoms with Gasteiger partial charge in [-0.2, -0.15) is 5.10 Å². The quantitative estimate of drug-likeness (QED) is 0.205. The van der Waals surface area contributed by atoms with Crippen molar-refractivity contribution >= 4 is 17.4 Å². The molecule has 186 valence electrons. The second-order valence-electron chi connectivity index (χ2n) is 9.92. The number of rotatable bonds is 8. The van der Waals surface area contributed by atoms with E-state index in [0.29, 0.717) is 17.3 Å². The van der Waals surface area contributed by atoms with E-state index in [1.54, 1.807) is 17.8 Å². The summed E-state index contributed by atoms with van der Waals surface area (Å²) in [5, 5.41) is 6.81. The van der Waals surface area contributed by atoms with Crippen LogP contribution in [0.3, 0.4) is 0 Å². The highest BCUT2D eigenvalue weighted by Gasteiger charge is 2.39. The largest absolute Gasteiger partial charge is 0.357 e. The van der Waals surface area contributed by atoms with Crippen molar-refractivity contribution in [3.05, 3.63) is 35.8 Å². The predicted octanol–water partition coefficient (Wildman–Crippen LogP) is 6.41. The Morgan fingerprint density at radius 2 is 2.03 bits per heavy atom. The minimum atomic E-state index is -2.77. The van der Waals surface area contributed by atoms with Crippen molar-refractivity contribution in [3.8, 4) is 0 Å². The first kappa shape index (κ1) is 24.6. The van der Waals surface area contributed by atoms with Crippen molar-refractivity contribution in [2.24, 2.45) is 10.9 Å². The lowest BCUT2D eigenvalue weighted by Crippen LogP contribution is -2.37. The monoisotopic (exact) mass is 473 g/mol. The number of hydrogen-bond donors (Lipinski definition) is 1. The zero-order chi connectivity index (χ0) is 24.2. The van der Waals surface area contributed by atoms with Crippen LogP contribution in [0.1, 0.15) is 96.2 Å². The molecule has 1 N–H and O–H groups in total. The molecule has 2 heterocycles. The molecule has 3 aliphatic rings. The molecule has 8 heteroatoms. The highest BCUT2D eigenvalue weighted by Crippen LogP contribution is 2.38. The van der Waals surface area contributed by atoms with Crippen LogP contribution in [0, 0.1) is 5.92 Å². The summed E-state index contributed by atoms with van der Waals surface area (Å²) in [6.45, 7) is 8.75. The zero-order valence-corrected chi connectivity index (χ0v) is 20.4. The summed E-state index contributed by atoms with van der Waals surface area (Å²) in [6, 6.07) is 0.647. The molecule has 2 saturated carbocycles. The van der Waals surface area contributed by atoms with Gasteiger partial charge in [-0.25, -0.2) is 13.8 Å². The van der Waals surface area contributed by atoms with E-state index in [1.807, 2.05) is 0 Å². The van der Waals surface area contributed by atoms with Gasteiger partial charge < -0.3 is 10.2 Å². The molecule has 1 amide bonds. The molecule has 0 spiro atoms. The van der Waals surface area contributed by atoms with Gasteiger partial charge in [-0.05, 0) is 51.4 Å². The summed E-state index contributed by atoms with van der Waals surface area (Å²) in [7, 11) is 0. The summed E-state index contributed by atoms with van der Waals surface area (Å²) < 4.78 is 29.0. The smallest absolute Gasteiger partial charge is 0.284 e. The first-order valence-electron chi connectivity index (χ1n) is 12.8. The number of allylic oxidation sites excluding steroid dienone is 1. The number of nitrogens with zero attached hydrogens (tertiary/aromatic N) is 4. The Balaban J connectivity index is 1.56. The standard InChI is InChI=1S/C26H37F2N5O/c1-4-9-23(32-15-18-12-13-20(32)14-18)29-17(3)21(5-2)26(34)30-22-16-33(31-24(22)25(27)28)19-10-7-6-8-11-19/h5,16,18-20,25H,2,4,6-15H2,1,3H3,(H,30,34)/b21-17-,29-23+. The first-order chi connectivity index (χ1) is 16.4. The van der Waals surface area contributed by atoms with Crippen LogP contribution in [0.2, 0.25) is 0 Å². The van der Waals surface area contributed by atoms with Crippen LogP contribution in [0.15, 0.2) is 35.1 Å². The number of alkyl halides is 2. The Hall–Kier alpha value is -2.51. The molecule has 4 rings (SSSR count). The molecule has 0 aromatic carbocycles. The van der Waals surface area contributed by atoms with Gasteiger partial charge in [0.2, 0.25) is 0 Å². The van der Waals surface area contributed by atoms with Crippen LogP contribution >= 0.6 is 0 Å². The van der Waals surface area contributed by atoms with Gasteiger partial charge in [0.1, 0.15) is 5.84 Å². The number of amides is 1. The van der Waals surface area contributed by atoms with Crippen molar-refractivity contribution in [1.82, 2.24) is 14.7 Å². The van der Waals surface area contributed by atoms with Crippen LogP contribution in [0.5, 0.6) is 0 Å². The average molecular weight is 474 g/mol. The molecule has 0 radical (unpaired) electrons. The molecule has 1 aromatic rings. The van der Waals surface area contributed by atoms with Gasteiger partial charge in [0, 0.05) is 25.2 Å². The first-order valence-corrected chi connectivity index (χ1v) is 12.8. The van der Waals surface area contributed by atoms with E-state index in [4.69, 9.17) is 4.99 Å². The van der Waals surface area contributed by atoms with E-state index in [-0.39, 0.29) is 17.4 Å². The highest BCUT2D eigenvalue weighted by atomic mass is 19.3. The maximum absolute atomic E-state index is 13.7. The van der Waals surface area contributed by atoms with Gasteiger partial charge in [-0.1, -0.05) is 38.8 Å². The lowest BCUT2D eigenvalue weighted by molar-refractivity contribution is -0.112. The van der Waals surface area contributed by atoms with Crippen LogP contribution in [0.25, 0.3) is 0 Å². The van der Waals surface area contributed by atoms with Gasteiger partial charge in [-0.15, -0.1) is 0 Å². The van der Waals surface area contributed by atoms with Gasteiger partial charge in [0.05, 0.1) is 23.0 Å². The molecule has 2 atom stereocenters. The van der Waals surface area contributed by atoms with E-state index < -0.39 is 12.3 Å².